The molecule has 0 aliphatic carbocycles. The summed E-state index contributed by atoms with van der Waals surface area (Å²) in [7, 11) is 12.1. The van der Waals surface area contributed by atoms with Gasteiger partial charge in [-0.25, -0.2) is 4.98 Å². The fourth-order valence-corrected chi connectivity index (χ4v) is 4.81. The fraction of sp³-hybridized carbons (Fsp3) is 0.280. The number of fused-ring (bicyclic) bond motifs is 1. The first kappa shape index (κ1) is 22.1. The predicted octanol–water partition coefficient (Wildman–Crippen LogP) is 2.96. The summed E-state index contributed by atoms with van der Waals surface area (Å²) in [6, 6.07) is 17.9. The molecule has 1 aliphatic heterocycles. The molecular weight excluding hydrogens is 427 g/mol. The molecule has 0 bridgehead atoms. The van der Waals surface area contributed by atoms with Gasteiger partial charge >= 0.3 is 0 Å². The molecule has 0 saturated carbocycles. The lowest BCUT2D eigenvalue weighted by Crippen LogP contribution is -2.37. The summed E-state index contributed by atoms with van der Waals surface area (Å²) in [4.78, 5) is 7.23. The normalized spacial score (nSPS) is 16.8. The second-order valence-corrected chi connectivity index (χ2v) is 9.12. The van der Waals surface area contributed by atoms with E-state index in [-0.39, 0.29) is 0 Å². The maximum absolute atomic E-state index is 6.44. The van der Waals surface area contributed by atoms with Crippen LogP contribution in [-0.2, 0) is 6.54 Å². The monoisotopic (exact) mass is 451 g/mol. The van der Waals surface area contributed by atoms with Crippen LogP contribution in [0.5, 0.6) is 0 Å². The van der Waals surface area contributed by atoms with E-state index in [0.29, 0.717) is 22.1 Å². The maximum Gasteiger partial charge on any atom is 0.150 e. The summed E-state index contributed by atoms with van der Waals surface area (Å²) in [5.41, 5.74) is 4.89. The SMILES string of the molecule is [B]c1cccc(CN2CCCC(CNc3cc(-c4ccccc4Cl)nc4c([B])cnn34)C2)c1. The van der Waals surface area contributed by atoms with E-state index in [9.17, 15) is 0 Å². The van der Waals surface area contributed by atoms with Crippen molar-refractivity contribution < 1.29 is 0 Å². The number of benzene rings is 2. The van der Waals surface area contributed by atoms with Gasteiger partial charge in [-0.05, 0) is 42.4 Å². The Kier molecular flexibility index (Phi) is 6.43. The van der Waals surface area contributed by atoms with Gasteiger partial charge in [-0.2, -0.15) is 9.61 Å². The Bertz CT molecular complexity index is 1270. The van der Waals surface area contributed by atoms with Crippen LogP contribution in [0.2, 0.25) is 5.02 Å². The molecule has 3 heterocycles. The molecule has 4 radical (unpaired) electrons. The molecule has 1 saturated heterocycles. The first-order valence-electron chi connectivity index (χ1n) is 11.3. The van der Waals surface area contributed by atoms with Gasteiger partial charge in [-0.3, -0.25) is 4.90 Å². The molecular formula is C25H24B2ClN5. The number of aromatic nitrogens is 3. The lowest BCUT2D eigenvalue weighted by molar-refractivity contribution is 0.173. The van der Waals surface area contributed by atoms with Gasteiger partial charge in [0.05, 0.1) is 5.69 Å². The molecule has 1 atom stereocenters. The second-order valence-electron chi connectivity index (χ2n) is 8.71. The van der Waals surface area contributed by atoms with Gasteiger partial charge in [0, 0.05) is 42.5 Å². The first-order chi connectivity index (χ1) is 16.1. The van der Waals surface area contributed by atoms with Gasteiger partial charge in [-0.1, -0.05) is 59.5 Å². The van der Waals surface area contributed by atoms with Crippen LogP contribution in [0.15, 0.2) is 60.8 Å². The minimum absolute atomic E-state index is 0.527. The van der Waals surface area contributed by atoms with Crippen LogP contribution in [0, 0.1) is 5.92 Å². The average molecular weight is 452 g/mol. The van der Waals surface area contributed by atoms with E-state index in [4.69, 9.17) is 32.3 Å². The van der Waals surface area contributed by atoms with Gasteiger partial charge < -0.3 is 5.32 Å². The molecule has 0 spiro atoms. The van der Waals surface area contributed by atoms with E-state index < -0.39 is 0 Å². The van der Waals surface area contributed by atoms with E-state index in [2.05, 4.69) is 27.4 Å². The van der Waals surface area contributed by atoms with Crippen molar-refractivity contribution in [2.45, 2.75) is 19.4 Å². The minimum atomic E-state index is 0.527. The van der Waals surface area contributed by atoms with Crippen LogP contribution >= 0.6 is 11.6 Å². The number of halogens is 1. The number of nitrogens with one attached hydrogen (secondary N) is 1. The van der Waals surface area contributed by atoms with Crippen LogP contribution in [0.4, 0.5) is 5.82 Å². The number of rotatable bonds is 6. The molecule has 162 valence electrons. The average Bonchev–Trinajstić information content (AvgIpc) is 3.19. The Labute approximate surface area is 202 Å². The first-order valence-corrected chi connectivity index (χ1v) is 11.6. The molecule has 33 heavy (non-hydrogen) atoms. The largest absolute Gasteiger partial charge is 0.370 e. The van der Waals surface area contributed by atoms with Crippen molar-refractivity contribution in [1.29, 1.82) is 0 Å². The van der Waals surface area contributed by atoms with Crippen molar-refractivity contribution in [2.24, 2.45) is 5.92 Å². The van der Waals surface area contributed by atoms with Gasteiger partial charge in [-0.15, -0.1) is 0 Å². The highest BCUT2D eigenvalue weighted by molar-refractivity contribution is 6.36. The van der Waals surface area contributed by atoms with Crippen molar-refractivity contribution in [3.63, 3.8) is 0 Å². The highest BCUT2D eigenvalue weighted by atomic mass is 35.5. The summed E-state index contributed by atoms with van der Waals surface area (Å²) in [5.74, 6) is 1.39. The van der Waals surface area contributed by atoms with Gasteiger partial charge in [0.2, 0.25) is 0 Å². The molecule has 2 aromatic heterocycles. The molecule has 1 N–H and O–H groups in total. The van der Waals surface area contributed by atoms with E-state index in [1.54, 1.807) is 10.7 Å². The van der Waals surface area contributed by atoms with E-state index in [1.807, 2.05) is 42.5 Å². The molecule has 2 aromatic carbocycles. The number of piperidine rings is 1. The van der Waals surface area contributed by atoms with E-state index >= 15 is 0 Å². The summed E-state index contributed by atoms with van der Waals surface area (Å²) < 4.78 is 1.77. The number of hydrogen-bond donors (Lipinski definition) is 1. The van der Waals surface area contributed by atoms with Crippen LogP contribution < -0.4 is 16.2 Å². The van der Waals surface area contributed by atoms with Gasteiger partial charge in [0.25, 0.3) is 0 Å². The van der Waals surface area contributed by atoms with Crippen LogP contribution in [0.1, 0.15) is 18.4 Å². The van der Waals surface area contributed by atoms with E-state index in [1.165, 1.54) is 18.4 Å². The molecule has 0 amide bonds. The summed E-state index contributed by atoms with van der Waals surface area (Å²) in [6.45, 7) is 3.91. The zero-order chi connectivity index (χ0) is 22.8. The third-order valence-electron chi connectivity index (χ3n) is 6.18. The molecule has 5 rings (SSSR count). The zero-order valence-electron chi connectivity index (χ0n) is 18.4. The molecule has 5 nitrogen and oxygen atoms in total. The zero-order valence-corrected chi connectivity index (χ0v) is 19.2. The Morgan fingerprint density at radius 2 is 1.97 bits per heavy atom. The third kappa shape index (κ3) is 4.94. The Morgan fingerprint density at radius 3 is 2.82 bits per heavy atom. The van der Waals surface area contributed by atoms with E-state index in [0.717, 1.165) is 48.7 Å². The summed E-state index contributed by atoms with van der Waals surface area (Å²) in [5, 5.41) is 8.69. The lowest BCUT2D eigenvalue weighted by Gasteiger charge is -2.33. The van der Waals surface area contributed by atoms with Crippen molar-refractivity contribution >= 4 is 49.7 Å². The molecule has 4 aromatic rings. The third-order valence-corrected chi connectivity index (χ3v) is 6.51. The van der Waals surface area contributed by atoms with Gasteiger partial charge in [0.15, 0.2) is 5.65 Å². The number of anilines is 1. The van der Waals surface area contributed by atoms with Crippen LogP contribution in [0.25, 0.3) is 16.9 Å². The van der Waals surface area contributed by atoms with Crippen LogP contribution in [-0.4, -0.2) is 54.8 Å². The predicted molar refractivity (Wildman–Crippen MR) is 137 cm³/mol. The Morgan fingerprint density at radius 1 is 1.09 bits per heavy atom. The van der Waals surface area contributed by atoms with Crippen LogP contribution in [0.3, 0.4) is 0 Å². The second kappa shape index (κ2) is 9.62. The lowest BCUT2D eigenvalue weighted by atomic mass is 9.93. The standard InChI is InChI=1S/C25H24B2ClN5/c26-19-7-3-5-17(11-19)15-32-10-4-6-18(16-32)13-29-24-12-23(20-8-1-2-9-22(20)28)31-25-21(27)14-30-33(24)25/h1-3,5,7-9,11-12,14,18,29H,4,6,10,13,15-16H2. The van der Waals surface area contributed by atoms with Crippen molar-refractivity contribution in [2.75, 3.05) is 25.0 Å². The Balaban J connectivity index is 1.33. The van der Waals surface area contributed by atoms with Crippen molar-refractivity contribution in [3.8, 4) is 11.3 Å². The highest BCUT2D eigenvalue weighted by Gasteiger charge is 2.21. The number of hydrogen-bond acceptors (Lipinski definition) is 4. The highest BCUT2D eigenvalue weighted by Crippen LogP contribution is 2.28. The summed E-state index contributed by atoms with van der Waals surface area (Å²) >= 11 is 6.44. The Hall–Kier alpha value is -2.76. The summed E-state index contributed by atoms with van der Waals surface area (Å²) in [6.07, 6.45) is 4.01. The maximum atomic E-state index is 6.44. The minimum Gasteiger partial charge on any atom is -0.370 e. The molecule has 1 fully saturated rings. The quantitative estimate of drug-likeness (QED) is 0.458. The topological polar surface area (TPSA) is 45.5 Å². The fourth-order valence-electron chi connectivity index (χ4n) is 4.57. The smallest absolute Gasteiger partial charge is 0.150 e. The van der Waals surface area contributed by atoms with Crippen molar-refractivity contribution in [3.05, 3.63) is 71.4 Å². The van der Waals surface area contributed by atoms with Gasteiger partial charge in [0.1, 0.15) is 21.5 Å². The molecule has 8 heteroatoms. The molecule has 1 aliphatic rings. The molecule has 1 unspecified atom stereocenters. The van der Waals surface area contributed by atoms with Crippen molar-refractivity contribution in [1.82, 2.24) is 19.5 Å². The number of nitrogens with zero attached hydrogens (tertiary/aromatic N) is 4. The number of likely N-dealkylation sites (tertiary alicyclic amines) is 1.